The van der Waals surface area contributed by atoms with Crippen LogP contribution in [0.3, 0.4) is 0 Å². The van der Waals surface area contributed by atoms with Gasteiger partial charge in [0, 0.05) is 5.02 Å². The molecule has 1 amide bonds. The maximum absolute atomic E-state index is 12.9. The first-order valence-corrected chi connectivity index (χ1v) is 7.73. The number of hydrogen-bond acceptors (Lipinski definition) is 2. The number of amides is 1. The Morgan fingerprint density at radius 3 is 2.43 bits per heavy atom. The molecule has 5 heteroatoms. The molecule has 122 valence electrons. The largest absolute Gasteiger partial charge is 0.481 e. The van der Waals surface area contributed by atoms with E-state index in [2.05, 4.69) is 5.32 Å². The van der Waals surface area contributed by atoms with Crippen LogP contribution in [0.4, 0.5) is 4.39 Å². The maximum atomic E-state index is 12.9. The van der Waals surface area contributed by atoms with Crippen molar-refractivity contribution < 1.29 is 13.9 Å². The van der Waals surface area contributed by atoms with E-state index in [0.717, 1.165) is 11.1 Å². The van der Waals surface area contributed by atoms with Gasteiger partial charge in [0.15, 0.2) is 6.10 Å². The van der Waals surface area contributed by atoms with Crippen LogP contribution in [-0.4, -0.2) is 12.0 Å². The van der Waals surface area contributed by atoms with E-state index in [9.17, 15) is 9.18 Å². The minimum atomic E-state index is -0.655. The number of ether oxygens (including phenoxy) is 1. The summed E-state index contributed by atoms with van der Waals surface area (Å²) in [6.45, 7) is 5.39. The molecular weight excluding hydrogens is 317 g/mol. The Morgan fingerprint density at radius 1 is 1.17 bits per heavy atom. The Kier molecular flexibility index (Phi) is 5.61. The van der Waals surface area contributed by atoms with Crippen LogP contribution in [-0.2, 0) is 4.79 Å². The zero-order chi connectivity index (χ0) is 17.0. The van der Waals surface area contributed by atoms with Crippen molar-refractivity contribution in [1.29, 1.82) is 0 Å². The molecule has 2 atom stereocenters. The fourth-order valence-corrected chi connectivity index (χ4v) is 2.38. The average molecular weight is 336 g/mol. The summed E-state index contributed by atoms with van der Waals surface area (Å²) in [5, 5.41) is 3.48. The van der Waals surface area contributed by atoms with Gasteiger partial charge in [-0.05, 0) is 62.2 Å². The quantitative estimate of drug-likeness (QED) is 0.877. The summed E-state index contributed by atoms with van der Waals surface area (Å²) in [5.41, 5.74) is 1.69. The molecule has 0 saturated carbocycles. The van der Waals surface area contributed by atoms with E-state index in [0.29, 0.717) is 10.8 Å². The number of halogens is 2. The highest BCUT2D eigenvalue weighted by Crippen LogP contribution is 2.23. The number of hydrogen-bond donors (Lipinski definition) is 1. The molecule has 23 heavy (non-hydrogen) atoms. The third kappa shape index (κ3) is 4.70. The number of benzene rings is 2. The molecule has 0 fully saturated rings. The predicted molar refractivity (Wildman–Crippen MR) is 89.2 cm³/mol. The summed E-state index contributed by atoms with van der Waals surface area (Å²) in [6.07, 6.45) is -0.655. The van der Waals surface area contributed by atoms with Gasteiger partial charge in [0.05, 0.1) is 6.04 Å². The van der Waals surface area contributed by atoms with Gasteiger partial charge in [-0.1, -0.05) is 23.7 Å². The Hall–Kier alpha value is -2.07. The second-order valence-corrected chi connectivity index (χ2v) is 5.89. The summed E-state index contributed by atoms with van der Waals surface area (Å²) in [5.74, 6) is 0.0739. The molecular formula is C18H19ClFNO2. The first-order chi connectivity index (χ1) is 10.9. The normalized spacial score (nSPS) is 13.3. The zero-order valence-corrected chi connectivity index (χ0v) is 14.0. The van der Waals surface area contributed by atoms with Crippen molar-refractivity contribution in [1.82, 2.24) is 5.32 Å². The molecule has 2 aromatic rings. The highest BCUT2D eigenvalue weighted by atomic mass is 35.5. The van der Waals surface area contributed by atoms with E-state index in [-0.39, 0.29) is 17.8 Å². The summed E-state index contributed by atoms with van der Waals surface area (Å²) in [6, 6.07) is 11.0. The van der Waals surface area contributed by atoms with E-state index in [1.807, 2.05) is 13.8 Å². The molecule has 0 radical (unpaired) electrons. The van der Waals surface area contributed by atoms with Crippen LogP contribution in [0.25, 0.3) is 0 Å². The van der Waals surface area contributed by atoms with Crippen LogP contribution in [0.2, 0.25) is 5.02 Å². The number of nitrogens with one attached hydrogen (secondary N) is 1. The monoisotopic (exact) mass is 335 g/mol. The fourth-order valence-electron chi connectivity index (χ4n) is 2.15. The van der Waals surface area contributed by atoms with E-state index < -0.39 is 6.10 Å². The number of rotatable bonds is 5. The highest BCUT2D eigenvalue weighted by Gasteiger charge is 2.18. The van der Waals surface area contributed by atoms with Gasteiger partial charge in [-0.25, -0.2) is 4.39 Å². The molecule has 2 aromatic carbocycles. The smallest absolute Gasteiger partial charge is 0.261 e. The first-order valence-electron chi connectivity index (χ1n) is 7.35. The van der Waals surface area contributed by atoms with Crippen LogP contribution < -0.4 is 10.1 Å². The molecule has 0 saturated heterocycles. The van der Waals surface area contributed by atoms with Crippen molar-refractivity contribution in [2.24, 2.45) is 0 Å². The molecule has 0 aromatic heterocycles. The Labute approximate surface area is 140 Å². The Bertz CT molecular complexity index is 688. The standard InChI is InChI=1S/C18H19ClFNO2/c1-11-10-15(19)6-9-17(11)23-13(3)18(22)21-12(2)14-4-7-16(20)8-5-14/h4-10,12-13H,1-3H3,(H,21,22)/t12-,13+/m1/s1. The van der Waals surface area contributed by atoms with Crippen molar-refractivity contribution in [3.05, 3.63) is 64.4 Å². The maximum Gasteiger partial charge on any atom is 0.261 e. The third-order valence-corrected chi connectivity index (χ3v) is 3.77. The van der Waals surface area contributed by atoms with Crippen LogP contribution in [0.1, 0.15) is 31.0 Å². The van der Waals surface area contributed by atoms with Gasteiger partial charge >= 0.3 is 0 Å². The van der Waals surface area contributed by atoms with Crippen LogP contribution in [0.15, 0.2) is 42.5 Å². The van der Waals surface area contributed by atoms with Gasteiger partial charge in [-0.3, -0.25) is 4.79 Å². The SMILES string of the molecule is Cc1cc(Cl)ccc1O[C@@H](C)C(=O)N[C@H](C)c1ccc(F)cc1. The molecule has 2 rings (SSSR count). The summed E-state index contributed by atoms with van der Waals surface area (Å²) in [7, 11) is 0. The number of carbonyl (C=O) groups excluding carboxylic acids is 1. The minimum Gasteiger partial charge on any atom is -0.481 e. The van der Waals surface area contributed by atoms with E-state index in [1.165, 1.54) is 12.1 Å². The van der Waals surface area contributed by atoms with Gasteiger partial charge in [0.1, 0.15) is 11.6 Å². The van der Waals surface area contributed by atoms with E-state index >= 15 is 0 Å². The van der Waals surface area contributed by atoms with Crippen LogP contribution in [0.5, 0.6) is 5.75 Å². The van der Waals surface area contributed by atoms with Gasteiger partial charge < -0.3 is 10.1 Å². The van der Waals surface area contributed by atoms with Crippen molar-refractivity contribution in [2.45, 2.75) is 32.9 Å². The lowest BCUT2D eigenvalue weighted by atomic mass is 10.1. The topological polar surface area (TPSA) is 38.3 Å². The zero-order valence-electron chi connectivity index (χ0n) is 13.3. The Morgan fingerprint density at radius 2 is 1.83 bits per heavy atom. The van der Waals surface area contributed by atoms with Crippen LogP contribution in [0, 0.1) is 12.7 Å². The van der Waals surface area contributed by atoms with Crippen molar-refractivity contribution in [3.63, 3.8) is 0 Å². The van der Waals surface area contributed by atoms with Gasteiger partial charge in [0.2, 0.25) is 0 Å². The molecule has 3 nitrogen and oxygen atoms in total. The molecule has 0 aliphatic heterocycles. The minimum absolute atomic E-state index is 0.236. The third-order valence-electron chi connectivity index (χ3n) is 3.54. The van der Waals surface area contributed by atoms with Crippen molar-refractivity contribution >= 4 is 17.5 Å². The first kappa shape index (κ1) is 17.3. The summed E-state index contributed by atoms with van der Waals surface area (Å²) < 4.78 is 18.6. The molecule has 1 N–H and O–H groups in total. The lowest BCUT2D eigenvalue weighted by Crippen LogP contribution is -2.37. The second-order valence-electron chi connectivity index (χ2n) is 5.45. The number of aryl methyl sites for hydroxylation is 1. The van der Waals surface area contributed by atoms with Crippen LogP contribution >= 0.6 is 11.6 Å². The highest BCUT2D eigenvalue weighted by molar-refractivity contribution is 6.30. The molecule has 0 aliphatic rings. The van der Waals surface area contributed by atoms with Gasteiger partial charge in [0.25, 0.3) is 5.91 Å². The predicted octanol–water partition coefficient (Wildman–Crippen LogP) is 4.43. The number of carbonyl (C=O) groups is 1. The second kappa shape index (κ2) is 7.47. The lowest BCUT2D eigenvalue weighted by molar-refractivity contribution is -0.127. The molecule has 0 heterocycles. The molecule has 0 bridgehead atoms. The Balaban J connectivity index is 1.98. The summed E-state index contributed by atoms with van der Waals surface area (Å²) in [4.78, 5) is 12.2. The fraction of sp³-hybridized carbons (Fsp3) is 0.278. The van der Waals surface area contributed by atoms with Gasteiger partial charge in [-0.15, -0.1) is 0 Å². The summed E-state index contributed by atoms with van der Waals surface area (Å²) >= 11 is 5.90. The van der Waals surface area contributed by atoms with Gasteiger partial charge in [-0.2, -0.15) is 0 Å². The molecule has 0 unspecified atom stereocenters. The van der Waals surface area contributed by atoms with E-state index in [1.54, 1.807) is 37.3 Å². The molecule has 0 spiro atoms. The lowest BCUT2D eigenvalue weighted by Gasteiger charge is -2.20. The van der Waals surface area contributed by atoms with Crippen molar-refractivity contribution in [3.8, 4) is 5.75 Å². The molecule has 0 aliphatic carbocycles. The van der Waals surface area contributed by atoms with E-state index in [4.69, 9.17) is 16.3 Å². The average Bonchev–Trinajstić information content (AvgIpc) is 2.50. The van der Waals surface area contributed by atoms with Crippen molar-refractivity contribution in [2.75, 3.05) is 0 Å².